The highest BCUT2D eigenvalue weighted by Gasteiger charge is 2.56. The molecule has 0 spiro atoms. The molecule has 0 radical (unpaired) electrons. The molecule has 2 fully saturated rings. The molecule has 0 bridgehead atoms. The summed E-state index contributed by atoms with van der Waals surface area (Å²) in [6, 6.07) is 3.67. The van der Waals surface area contributed by atoms with Crippen LogP contribution in [0.3, 0.4) is 0 Å². The molecule has 1 aromatic heterocycles. The van der Waals surface area contributed by atoms with Crippen LogP contribution in [-0.2, 0) is 20.9 Å². The number of hydrogen-bond donors (Lipinski definition) is 1. The van der Waals surface area contributed by atoms with Crippen molar-refractivity contribution in [2.24, 2.45) is 17.8 Å². The van der Waals surface area contributed by atoms with Gasteiger partial charge in [-0.3, -0.25) is 14.5 Å². The van der Waals surface area contributed by atoms with Gasteiger partial charge in [0.25, 0.3) is 0 Å². The predicted molar refractivity (Wildman–Crippen MR) is 117 cm³/mol. The van der Waals surface area contributed by atoms with Crippen LogP contribution in [0.25, 0.3) is 6.08 Å². The van der Waals surface area contributed by atoms with Crippen LogP contribution in [0.2, 0.25) is 0 Å². The maximum atomic E-state index is 13.0. The van der Waals surface area contributed by atoms with Gasteiger partial charge in [0.1, 0.15) is 18.1 Å². The molecule has 4 atom stereocenters. The Bertz CT molecular complexity index is 911. The zero-order valence-electron chi connectivity index (χ0n) is 18.7. The standard InChI is InChI=1S/C25H33NO5/c1-4-10-26-24(28)19-11-15(3)22-20(23(19)25(26)29)14-30-21(22)9-6-16(5-2)12-17-7-8-18(13-27)31-17/h7-8,12,19-21,23,27H,4-6,9-11,13-14H2,1-3H3/b16-12+/t19-,20+,21-,23-/m1/s1. The molecule has 0 unspecified atom stereocenters. The van der Waals surface area contributed by atoms with Crippen molar-refractivity contribution in [2.75, 3.05) is 13.2 Å². The highest BCUT2D eigenvalue weighted by Crippen LogP contribution is 2.49. The van der Waals surface area contributed by atoms with Gasteiger partial charge in [-0.2, -0.15) is 0 Å². The van der Waals surface area contributed by atoms with Gasteiger partial charge in [-0.15, -0.1) is 0 Å². The number of rotatable bonds is 8. The lowest BCUT2D eigenvalue weighted by atomic mass is 9.70. The van der Waals surface area contributed by atoms with Gasteiger partial charge in [-0.25, -0.2) is 0 Å². The quantitative estimate of drug-likeness (QED) is 0.499. The number of imide groups is 1. The zero-order chi connectivity index (χ0) is 22.1. The van der Waals surface area contributed by atoms with E-state index in [1.165, 1.54) is 21.6 Å². The molecule has 0 saturated carbocycles. The lowest BCUT2D eigenvalue weighted by molar-refractivity contribution is -0.140. The number of allylic oxidation sites excluding steroid dienone is 2. The van der Waals surface area contributed by atoms with Gasteiger partial charge in [0, 0.05) is 12.5 Å². The number of carbonyl (C=O) groups is 2. The number of nitrogens with zero attached hydrogens (tertiary/aromatic N) is 1. The lowest BCUT2D eigenvalue weighted by Gasteiger charge is -2.30. The van der Waals surface area contributed by atoms with Gasteiger partial charge in [-0.05, 0) is 62.8 Å². The molecular formula is C25H33NO5. The Kier molecular flexibility index (Phi) is 6.49. The third-order valence-corrected chi connectivity index (χ3v) is 7.06. The molecule has 168 valence electrons. The largest absolute Gasteiger partial charge is 0.459 e. The number of furan rings is 1. The van der Waals surface area contributed by atoms with Crippen LogP contribution in [0.1, 0.15) is 64.4 Å². The average Bonchev–Trinajstić information content (AvgIpc) is 3.45. The summed E-state index contributed by atoms with van der Waals surface area (Å²) in [5.41, 5.74) is 3.75. The number of likely N-dealkylation sites (tertiary alicyclic amines) is 1. The summed E-state index contributed by atoms with van der Waals surface area (Å²) >= 11 is 0. The zero-order valence-corrected chi connectivity index (χ0v) is 18.7. The Balaban J connectivity index is 1.47. The van der Waals surface area contributed by atoms with Crippen LogP contribution < -0.4 is 0 Å². The van der Waals surface area contributed by atoms with Crippen LogP contribution in [0.4, 0.5) is 0 Å². The summed E-state index contributed by atoms with van der Waals surface area (Å²) in [7, 11) is 0. The number of aliphatic hydroxyl groups is 1. The van der Waals surface area contributed by atoms with Crippen molar-refractivity contribution in [1.29, 1.82) is 0 Å². The molecule has 6 nitrogen and oxygen atoms in total. The Hall–Kier alpha value is -2.18. The number of ether oxygens (including phenoxy) is 1. The van der Waals surface area contributed by atoms with Gasteiger partial charge >= 0.3 is 0 Å². The summed E-state index contributed by atoms with van der Waals surface area (Å²) in [4.78, 5) is 27.3. The van der Waals surface area contributed by atoms with Crippen molar-refractivity contribution in [3.63, 3.8) is 0 Å². The van der Waals surface area contributed by atoms with E-state index in [9.17, 15) is 14.7 Å². The first-order valence-corrected chi connectivity index (χ1v) is 11.5. The van der Waals surface area contributed by atoms with Gasteiger partial charge in [-0.1, -0.05) is 25.0 Å². The second-order valence-corrected chi connectivity index (χ2v) is 8.99. The Morgan fingerprint density at radius 1 is 1.23 bits per heavy atom. The second kappa shape index (κ2) is 9.13. The van der Waals surface area contributed by atoms with E-state index in [1.807, 2.05) is 19.1 Å². The molecule has 31 heavy (non-hydrogen) atoms. The van der Waals surface area contributed by atoms with Gasteiger partial charge in [0.05, 0.1) is 24.5 Å². The molecule has 3 aliphatic rings. The van der Waals surface area contributed by atoms with E-state index in [0.29, 0.717) is 25.3 Å². The third-order valence-electron chi connectivity index (χ3n) is 7.06. The first kappa shape index (κ1) is 22.0. The molecular weight excluding hydrogens is 394 g/mol. The monoisotopic (exact) mass is 427 g/mol. The van der Waals surface area contributed by atoms with E-state index < -0.39 is 0 Å². The maximum absolute atomic E-state index is 13.0. The molecule has 2 saturated heterocycles. The summed E-state index contributed by atoms with van der Waals surface area (Å²) in [5.74, 6) is 0.915. The average molecular weight is 428 g/mol. The highest BCUT2D eigenvalue weighted by atomic mass is 16.5. The van der Waals surface area contributed by atoms with E-state index in [2.05, 4.69) is 13.8 Å². The van der Waals surface area contributed by atoms with Crippen molar-refractivity contribution in [3.8, 4) is 0 Å². The third kappa shape index (κ3) is 4.03. The van der Waals surface area contributed by atoms with Crippen LogP contribution >= 0.6 is 0 Å². The fourth-order valence-corrected chi connectivity index (χ4v) is 5.56. The van der Waals surface area contributed by atoms with Crippen molar-refractivity contribution in [3.05, 3.63) is 40.4 Å². The number of hydrogen-bond acceptors (Lipinski definition) is 5. The number of carbonyl (C=O) groups excluding carboxylic acids is 2. The molecule has 4 rings (SSSR count). The molecule has 1 aromatic rings. The number of aliphatic hydroxyl groups excluding tert-OH is 1. The van der Waals surface area contributed by atoms with Crippen molar-refractivity contribution in [1.82, 2.24) is 4.90 Å². The Labute approximate surface area is 183 Å². The number of amides is 2. The normalized spacial score (nSPS) is 28.5. The van der Waals surface area contributed by atoms with Crippen LogP contribution in [0.15, 0.2) is 33.3 Å². The maximum Gasteiger partial charge on any atom is 0.233 e. The summed E-state index contributed by atoms with van der Waals surface area (Å²) in [5, 5.41) is 9.19. The van der Waals surface area contributed by atoms with Gasteiger partial charge < -0.3 is 14.3 Å². The van der Waals surface area contributed by atoms with Crippen LogP contribution in [0, 0.1) is 17.8 Å². The second-order valence-electron chi connectivity index (χ2n) is 8.99. The molecule has 6 heteroatoms. The molecule has 0 aromatic carbocycles. The minimum atomic E-state index is -0.246. The molecule has 1 aliphatic carbocycles. The van der Waals surface area contributed by atoms with Crippen LogP contribution in [0.5, 0.6) is 0 Å². The minimum Gasteiger partial charge on any atom is -0.459 e. The van der Waals surface area contributed by atoms with E-state index in [1.54, 1.807) is 6.07 Å². The Morgan fingerprint density at radius 3 is 2.71 bits per heavy atom. The lowest BCUT2D eigenvalue weighted by Crippen LogP contribution is -2.34. The van der Waals surface area contributed by atoms with E-state index >= 15 is 0 Å². The van der Waals surface area contributed by atoms with E-state index in [4.69, 9.17) is 9.15 Å². The van der Waals surface area contributed by atoms with Gasteiger partial charge in [0.2, 0.25) is 11.8 Å². The molecule has 3 heterocycles. The first-order chi connectivity index (χ1) is 15.0. The minimum absolute atomic E-state index is 0.00255. The molecule has 2 aliphatic heterocycles. The van der Waals surface area contributed by atoms with Crippen molar-refractivity contribution < 1.29 is 23.8 Å². The van der Waals surface area contributed by atoms with Crippen molar-refractivity contribution in [2.45, 2.75) is 65.6 Å². The van der Waals surface area contributed by atoms with E-state index in [-0.39, 0.29) is 42.3 Å². The SMILES string of the molecule is CCCN1C(=O)[C@@H]2[C@@H](CC(C)=C3[C@@H](CC/C(=C/c4ccc(CO)o4)CC)OC[C@@H]32)C1=O. The summed E-state index contributed by atoms with van der Waals surface area (Å²) < 4.78 is 11.8. The molecule has 2 amide bonds. The Morgan fingerprint density at radius 2 is 2.03 bits per heavy atom. The summed E-state index contributed by atoms with van der Waals surface area (Å²) in [6.07, 6.45) is 6.17. The smallest absolute Gasteiger partial charge is 0.233 e. The topological polar surface area (TPSA) is 80.0 Å². The number of fused-ring (bicyclic) bond motifs is 3. The fraction of sp³-hybridized carbons (Fsp3) is 0.600. The van der Waals surface area contributed by atoms with Gasteiger partial charge in [0.15, 0.2) is 0 Å². The summed E-state index contributed by atoms with van der Waals surface area (Å²) in [6.45, 7) is 7.18. The van der Waals surface area contributed by atoms with Crippen LogP contribution in [-0.4, -0.2) is 41.1 Å². The first-order valence-electron chi connectivity index (χ1n) is 11.5. The van der Waals surface area contributed by atoms with Crippen molar-refractivity contribution >= 4 is 17.9 Å². The fourth-order valence-electron chi connectivity index (χ4n) is 5.56. The highest BCUT2D eigenvalue weighted by molar-refractivity contribution is 6.05. The van der Waals surface area contributed by atoms with E-state index in [0.717, 1.165) is 31.4 Å². The molecule has 1 N–H and O–H groups in total. The predicted octanol–water partition coefficient (Wildman–Crippen LogP) is 4.09.